The van der Waals surface area contributed by atoms with Crippen LogP contribution in [0.4, 0.5) is 23.7 Å². The summed E-state index contributed by atoms with van der Waals surface area (Å²) in [5, 5.41) is 2.52. The van der Waals surface area contributed by atoms with Crippen molar-refractivity contribution in [2.75, 3.05) is 52.3 Å². The van der Waals surface area contributed by atoms with Crippen LogP contribution in [0.5, 0.6) is 0 Å². The third kappa shape index (κ3) is 5.75. The molecule has 1 aromatic carbocycles. The number of halogens is 4. The molecular formula is C17H23ClF3N3O2. The summed E-state index contributed by atoms with van der Waals surface area (Å²) in [6.07, 6.45) is -3.53. The number of nitrogens with one attached hydrogen (secondary N) is 1. The summed E-state index contributed by atoms with van der Waals surface area (Å²) >= 11 is 5.91. The fourth-order valence-electron chi connectivity index (χ4n) is 2.96. The van der Waals surface area contributed by atoms with Gasteiger partial charge in [0.1, 0.15) is 0 Å². The van der Waals surface area contributed by atoms with E-state index in [2.05, 4.69) is 10.2 Å². The van der Waals surface area contributed by atoms with E-state index in [9.17, 15) is 18.0 Å². The van der Waals surface area contributed by atoms with Gasteiger partial charge in [0.2, 0.25) is 0 Å². The maximum atomic E-state index is 12.8. The first kappa shape index (κ1) is 20.8. The Balaban J connectivity index is 1.91. The van der Waals surface area contributed by atoms with Crippen LogP contribution in [0.15, 0.2) is 18.2 Å². The first-order valence-corrected chi connectivity index (χ1v) is 8.68. The lowest BCUT2D eigenvalue weighted by Crippen LogP contribution is -2.36. The number of carbonyl (C=O) groups is 1. The van der Waals surface area contributed by atoms with Gasteiger partial charge in [0.25, 0.3) is 0 Å². The Bertz CT molecular complexity index is 628. The normalized spacial score (nSPS) is 18.2. The van der Waals surface area contributed by atoms with E-state index in [0.717, 1.165) is 44.3 Å². The van der Waals surface area contributed by atoms with E-state index in [4.69, 9.17) is 16.3 Å². The Morgan fingerprint density at radius 1 is 1.46 bits per heavy atom. The lowest BCUT2D eigenvalue weighted by molar-refractivity contribution is -0.137. The van der Waals surface area contributed by atoms with E-state index in [1.54, 1.807) is 14.2 Å². The molecule has 1 heterocycles. The number of ether oxygens (including phenoxy) is 1. The molecule has 0 aliphatic carbocycles. The highest BCUT2D eigenvalue weighted by molar-refractivity contribution is 6.33. The average Bonchev–Trinajstić information content (AvgIpc) is 3.01. The zero-order valence-electron chi connectivity index (χ0n) is 14.8. The molecule has 5 nitrogen and oxygen atoms in total. The zero-order valence-corrected chi connectivity index (χ0v) is 15.5. The standard InChI is InChI=1S/C17H23ClF3N3O2/c1-23(10-12-5-6-24(11-12)7-8-26-2)16(25)22-15-9-13(17(19,20)21)3-4-14(15)18/h3-4,9,12H,5-8,10-11H2,1-2H3,(H,22,25). The number of benzene rings is 1. The van der Waals surface area contributed by atoms with Gasteiger partial charge in [-0.25, -0.2) is 4.79 Å². The van der Waals surface area contributed by atoms with Gasteiger partial charge >= 0.3 is 12.2 Å². The minimum Gasteiger partial charge on any atom is -0.383 e. The number of hydrogen-bond donors (Lipinski definition) is 1. The van der Waals surface area contributed by atoms with Crippen LogP contribution in [-0.2, 0) is 10.9 Å². The van der Waals surface area contributed by atoms with Crippen molar-refractivity contribution in [2.45, 2.75) is 12.6 Å². The smallest absolute Gasteiger partial charge is 0.383 e. The largest absolute Gasteiger partial charge is 0.416 e. The van der Waals surface area contributed by atoms with Gasteiger partial charge in [-0.15, -0.1) is 0 Å². The lowest BCUT2D eigenvalue weighted by atomic mass is 10.1. The highest BCUT2D eigenvalue weighted by Crippen LogP contribution is 2.33. The molecule has 0 spiro atoms. The molecule has 1 aliphatic heterocycles. The number of hydrogen-bond acceptors (Lipinski definition) is 3. The number of carbonyl (C=O) groups excluding carboxylic acids is 1. The molecule has 1 saturated heterocycles. The number of methoxy groups -OCH3 is 1. The number of anilines is 1. The van der Waals surface area contributed by atoms with Crippen molar-refractivity contribution < 1.29 is 22.7 Å². The van der Waals surface area contributed by atoms with Crippen molar-refractivity contribution in [3.8, 4) is 0 Å². The second-order valence-electron chi connectivity index (χ2n) is 6.45. The maximum absolute atomic E-state index is 12.8. The Morgan fingerprint density at radius 2 is 2.19 bits per heavy atom. The minimum absolute atomic E-state index is 0.0496. The minimum atomic E-state index is -4.49. The van der Waals surface area contributed by atoms with Gasteiger partial charge in [-0.1, -0.05) is 11.6 Å². The number of likely N-dealkylation sites (tertiary alicyclic amines) is 1. The summed E-state index contributed by atoms with van der Waals surface area (Å²) in [6, 6.07) is 2.37. The highest BCUT2D eigenvalue weighted by Gasteiger charge is 2.31. The quantitative estimate of drug-likeness (QED) is 0.799. The van der Waals surface area contributed by atoms with Crippen LogP contribution < -0.4 is 5.32 Å². The Hall–Kier alpha value is -1.51. The molecule has 26 heavy (non-hydrogen) atoms. The predicted octanol–water partition coefficient (Wildman–Crippen LogP) is 3.79. The van der Waals surface area contributed by atoms with Gasteiger partial charge in [0, 0.05) is 33.8 Å². The van der Waals surface area contributed by atoms with E-state index in [1.165, 1.54) is 4.90 Å². The second kappa shape index (κ2) is 8.92. The van der Waals surface area contributed by atoms with Crippen LogP contribution in [0, 0.1) is 5.92 Å². The van der Waals surface area contributed by atoms with Crippen molar-refractivity contribution in [1.82, 2.24) is 9.80 Å². The number of rotatable bonds is 6. The average molecular weight is 394 g/mol. The summed E-state index contributed by atoms with van der Waals surface area (Å²) in [5.41, 5.74) is -0.907. The molecule has 2 amide bonds. The van der Waals surface area contributed by atoms with E-state index in [1.807, 2.05) is 0 Å². The molecule has 1 fully saturated rings. The molecule has 1 aromatic rings. The van der Waals surface area contributed by atoms with Gasteiger partial charge in [-0.3, -0.25) is 0 Å². The SMILES string of the molecule is COCCN1CCC(CN(C)C(=O)Nc2cc(C(F)(F)F)ccc2Cl)C1. The monoisotopic (exact) mass is 393 g/mol. The first-order valence-electron chi connectivity index (χ1n) is 8.31. The topological polar surface area (TPSA) is 44.8 Å². The van der Waals surface area contributed by atoms with Crippen molar-refractivity contribution in [2.24, 2.45) is 5.92 Å². The molecule has 1 unspecified atom stereocenters. The van der Waals surface area contributed by atoms with Crippen molar-refractivity contribution >= 4 is 23.3 Å². The van der Waals surface area contributed by atoms with Gasteiger partial charge in [0.05, 0.1) is 22.9 Å². The van der Waals surface area contributed by atoms with E-state index in [-0.39, 0.29) is 10.7 Å². The van der Waals surface area contributed by atoms with Crippen LogP contribution in [0.3, 0.4) is 0 Å². The number of nitrogens with zero attached hydrogens (tertiary/aromatic N) is 2. The third-order valence-corrected chi connectivity index (χ3v) is 4.73. The molecule has 0 radical (unpaired) electrons. The Morgan fingerprint density at radius 3 is 2.85 bits per heavy atom. The third-order valence-electron chi connectivity index (χ3n) is 4.40. The predicted molar refractivity (Wildman–Crippen MR) is 94.5 cm³/mol. The summed E-state index contributed by atoms with van der Waals surface area (Å²) in [6.45, 7) is 3.85. The highest BCUT2D eigenvalue weighted by atomic mass is 35.5. The molecular weight excluding hydrogens is 371 g/mol. The van der Waals surface area contributed by atoms with Crippen molar-refractivity contribution in [1.29, 1.82) is 0 Å². The fraction of sp³-hybridized carbons (Fsp3) is 0.588. The molecule has 1 atom stereocenters. The zero-order chi connectivity index (χ0) is 19.3. The summed E-state index contributed by atoms with van der Waals surface area (Å²) in [7, 11) is 3.28. The van der Waals surface area contributed by atoms with Gasteiger partial charge < -0.3 is 19.9 Å². The van der Waals surface area contributed by atoms with Gasteiger partial charge in [0.15, 0.2) is 0 Å². The summed E-state index contributed by atoms with van der Waals surface area (Å²) < 4.78 is 43.5. The van der Waals surface area contributed by atoms with Crippen molar-refractivity contribution in [3.05, 3.63) is 28.8 Å². The molecule has 1 N–H and O–H groups in total. The van der Waals surface area contributed by atoms with Crippen LogP contribution in [0.1, 0.15) is 12.0 Å². The van der Waals surface area contributed by atoms with Gasteiger partial charge in [-0.2, -0.15) is 13.2 Å². The molecule has 0 bridgehead atoms. The molecule has 2 rings (SSSR count). The molecule has 9 heteroatoms. The number of alkyl halides is 3. The van der Waals surface area contributed by atoms with Gasteiger partial charge in [-0.05, 0) is 37.1 Å². The summed E-state index contributed by atoms with van der Waals surface area (Å²) in [5.74, 6) is 0.319. The van der Waals surface area contributed by atoms with Crippen LogP contribution >= 0.6 is 11.6 Å². The lowest BCUT2D eigenvalue weighted by Gasteiger charge is -2.22. The Kier molecular flexibility index (Phi) is 7.14. The second-order valence-corrected chi connectivity index (χ2v) is 6.86. The molecule has 0 saturated carbocycles. The fourth-order valence-corrected chi connectivity index (χ4v) is 3.13. The molecule has 0 aromatic heterocycles. The van der Waals surface area contributed by atoms with E-state index >= 15 is 0 Å². The molecule has 1 aliphatic rings. The first-order chi connectivity index (χ1) is 12.2. The number of amides is 2. The van der Waals surface area contributed by atoms with E-state index in [0.29, 0.717) is 19.1 Å². The van der Waals surface area contributed by atoms with E-state index < -0.39 is 17.8 Å². The summed E-state index contributed by atoms with van der Waals surface area (Å²) in [4.78, 5) is 16.0. The number of urea groups is 1. The maximum Gasteiger partial charge on any atom is 0.416 e. The molecule has 146 valence electrons. The Labute approximate surface area is 156 Å². The van der Waals surface area contributed by atoms with Crippen LogP contribution in [0.2, 0.25) is 5.02 Å². The van der Waals surface area contributed by atoms with Crippen LogP contribution in [-0.4, -0.2) is 62.8 Å². The van der Waals surface area contributed by atoms with Crippen molar-refractivity contribution in [3.63, 3.8) is 0 Å². The van der Waals surface area contributed by atoms with Crippen LogP contribution in [0.25, 0.3) is 0 Å².